The summed E-state index contributed by atoms with van der Waals surface area (Å²) in [5, 5.41) is 9.48. The number of aromatic nitrogens is 3. The summed E-state index contributed by atoms with van der Waals surface area (Å²) in [6, 6.07) is 5.84. The highest BCUT2D eigenvalue weighted by molar-refractivity contribution is 7.99. The van der Waals surface area contributed by atoms with Crippen molar-refractivity contribution < 1.29 is 0 Å². The first-order chi connectivity index (χ1) is 8.22. The summed E-state index contributed by atoms with van der Waals surface area (Å²) >= 11 is 7.73. The molecule has 2 rings (SSSR count). The molecule has 0 aliphatic carbocycles. The maximum Gasteiger partial charge on any atom is 0.195 e. The van der Waals surface area contributed by atoms with Gasteiger partial charge in [-0.1, -0.05) is 17.7 Å². The summed E-state index contributed by atoms with van der Waals surface area (Å²) in [6.07, 6.45) is 2.44. The summed E-state index contributed by atoms with van der Waals surface area (Å²) in [4.78, 5) is 1.08. The van der Waals surface area contributed by atoms with Crippen LogP contribution in [0, 0.1) is 0 Å². The normalized spacial score (nSPS) is 10.8. The van der Waals surface area contributed by atoms with Crippen molar-refractivity contribution in [3.63, 3.8) is 0 Å². The molecule has 4 nitrogen and oxygen atoms in total. The van der Waals surface area contributed by atoms with Gasteiger partial charge in [0.15, 0.2) is 5.16 Å². The van der Waals surface area contributed by atoms with Crippen molar-refractivity contribution in [2.45, 2.75) is 16.5 Å². The van der Waals surface area contributed by atoms with Crippen LogP contribution in [0.25, 0.3) is 0 Å². The lowest BCUT2D eigenvalue weighted by atomic mass is 10.1. The summed E-state index contributed by atoms with van der Waals surface area (Å²) in [7, 11) is 1.91. The molecule has 0 radical (unpaired) electrons. The van der Waals surface area contributed by atoms with E-state index in [1.807, 2.05) is 29.8 Å². The molecular formula is C11H13ClN4S. The zero-order chi connectivity index (χ0) is 12.3. The van der Waals surface area contributed by atoms with Gasteiger partial charge in [0, 0.05) is 17.0 Å². The lowest BCUT2D eigenvalue weighted by Crippen LogP contribution is -2.04. The maximum atomic E-state index is 6.18. The molecule has 2 N–H and O–H groups in total. The summed E-state index contributed by atoms with van der Waals surface area (Å²) in [6.45, 7) is 0.579. The molecule has 1 heterocycles. The fourth-order valence-electron chi connectivity index (χ4n) is 1.48. The first-order valence-corrected chi connectivity index (χ1v) is 6.41. The number of halogens is 1. The first kappa shape index (κ1) is 12.4. The molecule has 0 unspecified atom stereocenters. The Kier molecular flexibility index (Phi) is 4.04. The highest BCUT2D eigenvalue weighted by atomic mass is 35.5. The summed E-state index contributed by atoms with van der Waals surface area (Å²) < 4.78 is 1.87. The molecule has 0 aliphatic heterocycles. The van der Waals surface area contributed by atoms with Gasteiger partial charge < -0.3 is 10.3 Å². The van der Waals surface area contributed by atoms with E-state index in [1.54, 1.807) is 18.1 Å². The molecule has 17 heavy (non-hydrogen) atoms. The van der Waals surface area contributed by atoms with E-state index in [1.165, 1.54) is 0 Å². The van der Waals surface area contributed by atoms with E-state index in [-0.39, 0.29) is 0 Å². The van der Waals surface area contributed by atoms with Gasteiger partial charge in [-0.2, -0.15) is 0 Å². The molecule has 1 aromatic carbocycles. The van der Waals surface area contributed by atoms with Crippen LogP contribution in [0.1, 0.15) is 5.56 Å². The van der Waals surface area contributed by atoms with Gasteiger partial charge in [0.25, 0.3) is 0 Å². The molecule has 6 heteroatoms. The van der Waals surface area contributed by atoms with E-state index >= 15 is 0 Å². The van der Waals surface area contributed by atoms with Crippen LogP contribution in [0.2, 0.25) is 5.02 Å². The fraction of sp³-hybridized carbons (Fsp3) is 0.273. The predicted octanol–water partition coefficient (Wildman–Crippen LogP) is 2.12. The Labute approximate surface area is 109 Å². The van der Waals surface area contributed by atoms with Crippen molar-refractivity contribution in [1.82, 2.24) is 14.8 Å². The Morgan fingerprint density at radius 3 is 2.94 bits per heavy atom. The minimum absolute atomic E-state index is 0.579. The number of hydrogen-bond acceptors (Lipinski definition) is 4. The van der Waals surface area contributed by atoms with Crippen LogP contribution >= 0.6 is 23.4 Å². The molecule has 0 amide bonds. The topological polar surface area (TPSA) is 56.7 Å². The van der Waals surface area contributed by atoms with Gasteiger partial charge in [-0.25, -0.2) is 0 Å². The Morgan fingerprint density at radius 2 is 2.29 bits per heavy atom. The second kappa shape index (κ2) is 5.53. The Balaban J connectivity index is 2.32. The molecule has 2 aromatic rings. The number of benzene rings is 1. The zero-order valence-electron chi connectivity index (χ0n) is 9.43. The highest BCUT2D eigenvalue weighted by Crippen LogP contribution is 2.32. The fourth-order valence-corrected chi connectivity index (χ4v) is 2.77. The average molecular weight is 269 g/mol. The number of rotatable bonds is 4. The number of nitrogens with two attached hydrogens (primary N) is 1. The van der Waals surface area contributed by atoms with Gasteiger partial charge in [-0.05, 0) is 42.4 Å². The minimum atomic E-state index is 0.579. The van der Waals surface area contributed by atoms with Gasteiger partial charge in [0.05, 0.1) is 0 Å². The van der Waals surface area contributed by atoms with E-state index in [2.05, 4.69) is 10.2 Å². The summed E-state index contributed by atoms with van der Waals surface area (Å²) in [5.74, 6) is 0. The number of aryl methyl sites for hydroxylation is 1. The van der Waals surface area contributed by atoms with E-state index < -0.39 is 0 Å². The SMILES string of the molecule is Cn1cnnc1Sc1cccc(Cl)c1CCN. The molecule has 0 saturated heterocycles. The second-order valence-corrected chi connectivity index (χ2v) is 5.00. The van der Waals surface area contributed by atoms with Crippen molar-refractivity contribution >= 4 is 23.4 Å². The predicted molar refractivity (Wildman–Crippen MR) is 69.3 cm³/mol. The van der Waals surface area contributed by atoms with Crippen LogP contribution in [-0.4, -0.2) is 21.3 Å². The van der Waals surface area contributed by atoms with Gasteiger partial charge in [-0.15, -0.1) is 10.2 Å². The second-order valence-electron chi connectivity index (χ2n) is 3.58. The standard InChI is InChI=1S/C11H13ClN4S/c1-16-7-14-15-11(16)17-10-4-2-3-9(12)8(10)5-6-13/h2-4,7H,5-6,13H2,1H3. The van der Waals surface area contributed by atoms with Crippen molar-refractivity contribution in [3.8, 4) is 0 Å². The average Bonchev–Trinajstić information content (AvgIpc) is 2.70. The number of nitrogens with zero attached hydrogens (tertiary/aromatic N) is 3. The minimum Gasteiger partial charge on any atom is -0.330 e. The Bertz CT molecular complexity index is 512. The van der Waals surface area contributed by atoms with E-state index in [0.29, 0.717) is 6.54 Å². The highest BCUT2D eigenvalue weighted by Gasteiger charge is 2.10. The van der Waals surface area contributed by atoms with E-state index in [0.717, 1.165) is 27.1 Å². The number of hydrogen-bond donors (Lipinski definition) is 1. The smallest absolute Gasteiger partial charge is 0.195 e. The zero-order valence-corrected chi connectivity index (χ0v) is 11.0. The Morgan fingerprint density at radius 1 is 1.47 bits per heavy atom. The maximum absolute atomic E-state index is 6.18. The van der Waals surface area contributed by atoms with E-state index in [9.17, 15) is 0 Å². The van der Waals surface area contributed by atoms with Crippen molar-refractivity contribution in [3.05, 3.63) is 35.1 Å². The van der Waals surface area contributed by atoms with Crippen LogP contribution in [0.3, 0.4) is 0 Å². The quantitative estimate of drug-likeness (QED) is 0.923. The van der Waals surface area contributed by atoms with Crippen LogP contribution in [0.5, 0.6) is 0 Å². The molecule has 0 bridgehead atoms. The van der Waals surface area contributed by atoms with Crippen molar-refractivity contribution in [2.75, 3.05) is 6.54 Å². The molecular weight excluding hydrogens is 256 g/mol. The molecule has 90 valence electrons. The third kappa shape index (κ3) is 2.80. The third-order valence-corrected chi connectivity index (χ3v) is 3.85. The largest absolute Gasteiger partial charge is 0.330 e. The van der Waals surface area contributed by atoms with Gasteiger partial charge in [0.2, 0.25) is 0 Å². The van der Waals surface area contributed by atoms with Crippen LogP contribution in [-0.2, 0) is 13.5 Å². The van der Waals surface area contributed by atoms with Gasteiger partial charge in [-0.3, -0.25) is 0 Å². The van der Waals surface area contributed by atoms with Crippen LogP contribution in [0.15, 0.2) is 34.6 Å². The molecule has 0 aliphatic rings. The van der Waals surface area contributed by atoms with Gasteiger partial charge >= 0.3 is 0 Å². The van der Waals surface area contributed by atoms with Crippen LogP contribution < -0.4 is 5.73 Å². The molecule has 0 saturated carbocycles. The molecule has 0 spiro atoms. The monoisotopic (exact) mass is 268 g/mol. The summed E-state index contributed by atoms with van der Waals surface area (Å²) in [5.41, 5.74) is 6.67. The van der Waals surface area contributed by atoms with E-state index in [4.69, 9.17) is 17.3 Å². The third-order valence-electron chi connectivity index (χ3n) is 2.34. The Hall–Kier alpha value is -1.04. The van der Waals surface area contributed by atoms with Crippen molar-refractivity contribution in [1.29, 1.82) is 0 Å². The lowest BCUT2D eigenvalue weighted by molar-refractivity contribution is 0.788. The molecule has 0 atom stereocenters. The lowest BCUT2D eigenvalue weighted by Gasteiger charge is -2.09. The first-order valence-electron chi connectivity index (χ1n) is 5.21. The molecule has 1 aromatic heterocycles. The molecule has 0 fully saturated rings. The van der Waals surface area contributed by atoms with Crippen LogP contribution in [0.4, 0.5) is 0 Å². The van der Waals surface area contributed by atoms with Gasteiger partial charge in [0.1, 0.15) is 6.33 Å². The van der Waals surface area contributed by atoms with Crippen molar-refractivity contribution in [2.24, 2.45) is 12.8 Å².